The summed E-state index contributed by atoms with van der Waals surface area (Å²) in [7, 11) is 0. The van der Waals surface area contributed by atoms with Crippen molar-refractivity contribution in [3.05, 3.63) is 83.3 Å². The second-order valence-electron chi connectivity index (χ2n) is 6.62. The summed E-state index contributed by atoms with van der Waals surface area (Å²) in [5, 5.41) is 4.74. The van der Waals surface area contributed by atoms with Crippen LogP contribution in [0.1, 0.15) is 24.4 Å². The fourth-order valence-electron chi connectivity index (χ4n) is 3.15. The molecule has 2 heterocycles. The number of pyridine rings is 1. The molecule has 0 radical (unpaired) electrons. The predicted molar refractivity (Wildman–Crippen MR) is 111 cm³/mol. The quantitative estimate of drug-likeness (QED) is 0.465. The molecule has 0 aliphatic heterocycles. The van der Waals surface area contributed by atoms with Gasteiger partial charge in [0.05, 0.1) is 22.3 Å². The Hall–Kier alpha value is -3.05. The summed E-state index contributed by atoms with van der Waals surface area (Å²) in [5.41, 5.74) is 3.80. The lowest BCUT2D eigenvalue weighted by Crippen LogP contribution is -2.10. The Morgan fingerprint density at radius 2 is 1.71 bits per heavy atom. The van der Waals surface area contributed by atoms with Gasteiger partial charge in [0, 0.05) is 35.1 Å². The SMILES string of the molecule is Cc1ncc(-c2ccc(F)c(C(C)Nc3c(Cl)cnc4ccccc34)c2)cn1. The number of aryl methyl sites for hydroxylation is 1. The van der Waals surface area contributed by atoms with E-state index < -0.39 is 0 Å². The van der Waals surface area contributed by atoms with E-state index in [0.29, 0.717) is 16.4 Å². The molecule has 0 bridgehead atoms. The van der Waals surface area contributed by atoms with Crippen molar-refractivity contribution in [2.45, 2.75) is 19.9 Å². The van der Waals surface area contributed by atoms with Crippen molar-refractivity contribution in [3.8, 4) is 11.1 Å². The van der Waals surface area contributed by atoms with E-state index in [0.717, 1.165) is 27.7 Å². The molecule has 0 spiro atoms. The van der Waals surface area contributed by atoms with Crippen LogP contribution in [0.15, 0.2) is 61.1 Å². The number of hydrogen-bond donors (Lipinski definition) is 1. The highest BCUT2D eigenvalue weighted by Crippen LogP contribution is 2.34. The first-order valence-electron chi connectivity index (χ1n) is 8.91. The van der Waals surface area contributed by atoms with Gasteiger partial charge < -0.3 is 5.32 Å². The Bertz CT molecular complexity index is 1150. The smallest absolute Gasteiger partial charge is 0.128 e. The van der Waals surface area contributed by atoms with Crippen molar-refractivity contribution >= 4 is 28.2 Å². The van der Waals surface area contributed by atoms with Crippen LogP contribution in [0.25, 0.3) is 22.0 Å². The summed E-state index contributed by atoms with van der Waals surface area (Å²) in [5.74, 6) is 0.409. The van der Waals surface area contributed by atoms with Gasteiger partial charge in [-0.3, -0.25) is 4.98 Å². The number of halogens is 2. The Labute approximate surface area is 167 Å². The number of nitrogens with one attached hydrogen (secondary N) is 1. The second kappa shape index (κ2) is 7.52. The fraction of sp³-hybridized carbons (Fsp3) is 0.136. The molecule has 2 aromatic carbocycles. The molecule has 1 unspecified atom stereocenters. The molecule has 2 aromatic heterocycles. The molecule has 0 saturated heterocycles. The third-order valence-corrected chi connectivity index (χ3v) is 4.95. The Kier molecular flexibility index (Phi) is 4.92. The molecule has 0 fully saturated rings. The van der Waals surface area contributed by atoms with Crippen LogP contribution in [0, 0.1) is 12.7 Å². The molecule has 4 rings (SSSR count). The first-order valence-corrected chi connectivity index (χ1v) is 9.29. The van der Waals surface area contributed by atoms with Crippen LogP contribution in [0.5, 0.6) is 0 Å². The molecule has 28 heavy (non-hydrogen) atoms. The van der Waals surface area contributed by atoms with Gasteiger partial charge in [-0.2, -0.15) is 0 Å². The number of para-hydroxylation sites is 1. The molecule has 0 aliphatic rings. The monoisotopic (exact) mass is 392 g/mol. The standard InChI is InChI=1S/C22H18ClFN4/c1-13(28-22-17-5-3-4-6-21(17)27-12-19(22)23)18-9-15(7-8-20(18)24)16-10-25-14(2)26-11-16/h3-13H,1-2H3,(H,27,28). The van der Waals surface area contributed by atoms with Gasteiger partial charge in [-0.05, 0) is 37.6 Å². The molecule has 6 heteroatoms. The minimum atomic E-state index is -0.311. The zero-order chi connectivity index (χ0) is 19.7. The van der Waals surface area contributed by atoms with Crippen molar-refractivity contribution in [1.29, 1.82) is 0 Å². The summed E-state index contributed by atoms with van der Waals surface area (Å²) in [4.78, 5) is 12.8. The lowest BCUT2D eigenvalue weighted by molar-refractivity contribution is 0.600. The molecule has 1 N–H and O–H groups in total. The lowest BCUT2D eigenvalue weighted by Gasteiger charge is -2.19. The van der Waals surface area contributed by atoms with Crippen molar-refractivity contribution in [1.82, 2.24) is 15.0 Å². The van der Waals surface area contributed by atoms with Crippen LogP contribution in [-0.4, -0.2) is 15.0 Å². The number of anilines is 1. The number of aromatic nitrogens is 3. The molecular formula is C22H18ClFN4. The summed E-state index contributed by atoms with van der Waals surface area (Å²) in [6, 6.07) is 12.4. The maximum Gasteiger partial charge on any atom is 0.128 e. The average molecular weight is 393 g/mol. The number of fused-ring (bicyclic) bond motifs is 1. The molecular weight excluding hydrogens is 375 g/mol. The maximum atomic E-state index is 14.6. The van der Waals surface area contributed by atoms with E-state index in [1.807, 2.05) is 44.2 Å². The van der Waals surface area contributed by atoms with Gasteiger partial charge in [0.25, 0.3) is 0 Å². The van der Waals surface area contributed by atoms with Gasteiger partial charge in [-0.15, -0.1) is 0 Å². The highest BCUT2D eigenvalue weighted by atomic mass is 35.5. The number of hydrogen-bond acceptors (Lipinski definition) is 4. The summed E-state index contributed by atoms with van der Waals surface area (Å²) in [6.07, 6.45) is 5.09. The van der Waals surface area contributed by atoms with Crippen LogP contribution in [0.4, 0.5) is 10.1 Å². The molecule has 0 amide bonds. The zero-order valence-corrected chi connectivity index (χ0v) is 16.2. The third-order valence-electron chi connectivity index (χ3n) is 4.67. The second-order valence-corrected chi connectivity index (χ2v) is 7.03. The van der Waals surface area contributed by atoms with E-state index in [-0.39, 0.29) is 11.9 Å². The van der Waals surface area contributed by atoms with Crippen LogP contribution >= 0.6 is 11.6 Å². The van der Waals surface area contributed by atoms with E-state index in [4.69, 9.17) is 11.6 Å². The zero-order valence-electron chi connectivity index (χ0n) is 15.4. The van der Waals surface area contributed by atoms with E-state index in [1.165, 1.54) is 6.07 Å². The average Bonchev–Trinajstić information content (AvgIpc) is 2.71. The van der Waals surface area contributed by atoms with Crippen LogP contribution in [-0.2, 0) is 0 Å². The number of rotatable bonds is 4. The van der Waals surface area contributed by atoms with Crippen molar-refractivity contribution in [2.75, 3.05) is 5.32 Å². The minimum absolute atomic E-state index is 0.286. The van der Waals surface area contributed by atoms with E-state index >= 15 is 0 Å². The number of benzene rings is 2. The normalized spacial score (nSPS) is 12.1. The van der Waals surface area contributed by atoms with Crippen LogP contribution in [0.2, 0.25) is 5.02 Å². The van der Waals surface area contributed by atoms with Crippen molar-refractivity contribution in [3.63, 3.8) is 0 Å². The third kappa shape index (κ3) is 3.53. The van der Waals surface area contributed by atoms with E-state index in [1.54, 1.807) is 24.7 Å². The fourth-order valence-corrected chi connectivity index (χ4v) is 3.36. The summed E-state index contributed by atoms with van der Waals surface area (Å²) < 4.78 is 14.6. The predicted octanol–water partition coefficient (Wildman–Crippen LogP) is 5.97. The minimum Gasteiger partial charge on any atom is -0.377 e. The first-order chi connectivity index (χ1) is 13.5. The van der Waals surface area contributed by atoms with Gasteiger partial charge in [-0.25, -0.2) is 14.4 Å². The Morgan fingerprint density at radius 1 is 0.964 bits per heavy atom. The van der Waals surface area contributed by atoms with Gasteiger partial charge in [0.1, 0.15) is 11.6 Å². The molecule has 4 nitrogen and oxygen atoms in total. The molecule has 1 atom stereocenters. The summed E-state index contributed by atoms with van der Waals surface area (Å²) in [6.45, 7) is 3.73. The lowest BCUT2D eigenvalue weighted by atomic mass is 10.0. The topological polar surface area (TPSA) is 50.7 Å². The number of nitrogens with zero attached hydrogens (tertiary/aromatic N) is 3. The van der Waals surface area contributed by atoms with Crippen molar-refractivity contribution in [2.24, 2.45) is 0 Å². The van der Waals surface area contributed by atoms with Crippen LogP contribution < -0.4 is 5.32 Å². The largest absolute Gasteiger partial charge is 0.377 e. The Morgan fingerprint density at radius 3 is 2.50 bits per heavy atom. The highest BCUT2D eigenvalue weighted by Gasteiger charge is 2.16. The van der Waals surface area contributed by atoms with E-state index in [2.05, 4.69) is 20.3 Å². The maximum absolute atomic E-state index is 14.6. The molecule has 0 saturated carbocycles. The van der Waals surface area contributed by atoms with Gasteiger partial charge >= 0.3 is 0 Å². The van der Waals surface area contributed by atoms with Gasteiger partial charge in [0.15, 0.2) is 0 Å². The molecule has 0 aliphatic carbocycles. The van der Waals surface area contributed by atoms with Gasteiger partial charge in [0.2, 0.25) is 0 Å². The highest BCUT2D eigenvalue weighted by molar-refractivity contribution is 6.34. The first kappa shape index (κ1) is 18.3. The molecule has 140 valence electrons. The van der Waals surface area contributed by atoms with Crippen LogP contribution in [0.3, 0.4) is 0 Å². The van der Waals surface area contributed by atoms with Gasteiger partial charge in [-0.1, -0.05) is 35.9 Å². The summed E-state index contributed by atoms with van der Waals surface area (Å²) >= 11 is 6.38. The van der Waals surface area contributed by atoms with E-state index in [9.17, 15) is 4.39 Å². The Balaban J connectivity index is 1.71. The molecule has 4 aromatic rings. The van der Waals surface area contributed by atoms with Crippen molar-refractivity contribution < 1.29 is 4.39 Å².